The standard InChI is InChI=1S/C17H32N2O2/c1-17(2,3)21-16(20)19-12-10-15(13-19)18-11-9-14-7-5-4-6-8-14/h14-15,18H,4-13H2,1-3H3. The van der Waals surface area contributed by atoms with Gasteiger partial charge in [0.1, 0.15) is 5.60 Å². The molecule has 2 rings (SSSR count). The van der Waals surface area contributed by atoms with Crippen LogP contribution in [0.5, 0.6) is 0 Å². The first-order valence-corrected chi connectivity index (χ1v) is 8.65. The van der Waals surface area contributed by atoms with E-state index in [0.717, 1.165) is 32.0 Å². The first kappa shape index (κ1) is 16.6. The molecule has 122 valence electrons. The van der Waals surface area contributed by atoms with Crippen molar-refractivity contribution in [2.75, 3.05) is 19.6 Å². The molecule has 1 unspecified atom stereocenters. The third kappa shape index (κ3) is 5.85. The normalized spacial score (nSPS) is 24.3. The molecule has 1 atom stereocenters. The molecule has 1 aliphatic carbocycles. The average Bonchev–Trinajstić information content (AvgIpc) is 2.87. The first-order chi connectivity index (χ1) is 9.94. The van der Waals surface area contributed by atoms with E-state index < -0.39 is 5.60 Å². The van der Waals surface area contributed by atoms with Gasteiger partial charge in [-0.2, -0.15) is 0 Å². The van der Waals surface area contributed by atoms with Gasteiger partial charge in [0.15, 0.2) is 0 Å². The molecule has 1 aliphatic heterocycles. The summed E-state index contributed by atoms with van der Waals surface area (Å²) in [6, 6.07) is 0.445. The van der Waals surface area contributed by atoms with Gasteiger partial charge >= 0.3 is 6.09 Å². The molecule has 4 heteroatoms. The Balaban J connectivity index is 1.62. The molecule has 2 fully saturated rings. The van der Waals surface area contributed by atoms with Crippen LogP contribution in [0, 0.1) is 5.92 Å². The van der Waals surface area contributed by atoms with Gasteiger partial charge in [-0.25, -0.2) is 4.79 Å². The highest BCUT2D eigenvalue weighted by atomic mass is 16.6. The summed E-state index contributed by atoms with van der Waals surface area (Å²) >= 11 is 0. The lowest BCUT2D eigenvalue weighted by atomic mass is 9.87. The van der Waals surface area contributed by atoms with E-state index in [1.807, 2.05) is 25.7 Å². The lowest BCUT2D eigenvalue weighted by molar-refractivity contribution is 0.0291. The molecule has 0 spiro atoms. The van der Waals surface area contributed by atoms with Crippen molar-refractivity contribution >= 4 is 6.09 Å². The lowest BCUT2D eigenvalue weighted by Gasteiger charge is -2.25. The van der Waals surface area contributed by atoms with Gasteiger partial charge in [0.25, 0.3) is 0 Å². The van der Waals surface area contributed by atoms with Crippen LogP contribution in [0.2, 0.25) is 0 Å². The average molecular weight is 296 g/mol. The Kier molecular flexibility index (Phi) is 5.91. The molecular formula is C17H32N2O2. The third-order valence-corrected chi connectivity index (χ3v) is 4.55. The van der Waals surface area contributed by atoms with Crippen molar-refractivity contribution in [3.63, 3.8) is 0 Å². The first-order valence-electron chi connectivity index (χ1n) is 8.65. The number of nitrogens with one attached hydrogen (secondary N) is 1. The van der Waals surface area contributed by atoms with Gasteiger partial charge in [-0.3, -0.25) is 0 Å². The molecule has 1 saturated heterocycles. The Labute approximate surface area is 129 Å². The van der Waals surface area contributed by atoms with Crippen LogP contribution in [0.3, 0.4) is 0 Å². The third-order valence-electron chi connectivity index (χ3n) is 4.55. The summed E-state index contributed by atoms with van der Waals surface area (Å²) in [6.07, 6.45) is 9.26. The molecule has 0 radical (unpaired) electrons. The molecule has 0 aromatic rings. The second-order valence-electron chi connectivity index (χ2n) is 7.66. The molecule has 1 heterocycles. The summed E-state index contributed by atoms with van der Waals surface area (Å²) in [7, 11) is 0. The van der Waals surface area contributed by atoms with E-state index in [1.165, 1.54) is 38.5 Å². The van der Waals surface area contributed by atoms with Gasteiger partial charge in [-0.05, 0) is 46.1 Å². The number of nitrogens with zero attached hydrogens (tertiary/aromatic N) is 1. The van der Waals surface area contributed by atoms with Crippen LogP contribution in [0.25, 0.3) is 0 Å². The Morgan fingerprint density at radius 2 is 1.90 bits per heavy atom. The predicted molar refractivity (Wildman–Crippen MR) is 85.4 cm³/mol. The Morgan fingerprint density at radius 1 is 1.19 bits per heavy atom. The summed E-state index contributed by atoms with van der Waals surface area (Å²) in [5.41, 5.74) is -0.399. The zero-order valence-corrected chi connectivity index (χ0v) is 14.0. The minimum Gasteiger partial charge on any atom is -0.444 e. The number of likely N-dealkylation sites (tertiary alicyclic amines) is 1. The quantitative estimate of drug-likeness (QED) is 0.862. The summed E-state index contributed by atoms with van der Waals surface area (Å²) in [5.74, 6) is 0.926. The van der Waals surface area contributed by atoms with Gasteiger partial charge in [-0.1, -0.05) is 32.1 Å². The largest absolute Gasteiger partial charge is 0.444 e. The van der Waals surface area contributed by atoms with E-state index in [4.69, 9.17) is 4.74 Å². The van der Waals surface area contributed by atoms with Crippen molar-refractivity contribution in [1.29, 1.82) is 0 Å². The van der Waals surface area contributed by atoms with Crippen LogP contribution < -0.4 is 5.32 Å². The minimum absolute atomic E-state index is 0.168. The second-order valence-corrected chi connectivity index (χ2v) is 7.66. The Morgan fingerprint density at radius 3 is 2.57 bits per heavy atom. The number of ether oxygens (including phenoxy) is 1. The maximum absolute atomic E-state index is 12.0. The van der Waals surface area contributed by atoms with Crippen LogP contribution in [-0.2, 0) is 4.74 Å². The van der Waals surface area contributed by atoms with Crippen molar-refractivity contribution in [2.24, 2.45) is 5.92 Å². The monoisotopic (exact) mass is 296 g/mol. The predicted octanol–water partition coefficient (Wildman–Crippen LogP) is 3.56. The number of hydrogen-bond donors (Lipinski definition) is 1. The topological polar surface area (TPSA) is 41.6 Å². The molecule has 0 bridgehead atoms. The van der Waals surface area contributed by atoms with Gasteiger partial charge in [0.05, 0.1) is 0 Å². The van der Waals surface area contributed by atoms with Crippen molar-refractivity contribution in [1.82, 2.24) is 10.2 Å². The number of carbonyl (C=O) groups is 1. The maximum Gasteiger partial charge on any atom is 0.410 e. The van der Waals surface area contributed by atoms with Crippen LogP contribution in [0.1, 0.15) is 65.7 Å². The number of amides is 1. The van der Waals surface area contributed by atoms with Gasteiger partial charge < -0.3 is 15.0 Å². The van der Waals surface area contributed by atoms with E-state index >= 15 is 0 Å². The van der Waals surface area contributed by atoms with Crippen LogP contribution in [0.15, 0.2) is 0 Å². The molecule has 1 saturated carbocycles. The van der Waals surface area contributed by atoms with E-state index in [1.54, 1.807) is 0 Å². The Bertz CT molecular complexity index is 332. The van der Waals surface area contributed by atoms with Crippen molar-refractivity contribution in [3.05, 3.63) is 0 Å². The molecule has 0 aromatic carbocycles. The zero-order valence-electron chi connectivity index (χ0n) is 14.0. The number of hydrogen-bond acceptors (Lipinski definition) is 3. The molecule has 21 heavy (non-hydrogen) atoms. The summed E-state index contributed by atoms with van der Waals surface area (Å²) in [6.45, 7) is 8.45. The highest BCUT2D eigenvalue weighted by molar-refractivity contribution is 5.68. The smallest absolute Gasteiger partial charge is 0.410 e. The zero-order chi connectivity index (χ0) is 15.3. The fourth-order valence-corrected chi connectivity index (χ4v) is 3.39. The van der Waals surface area contributed by atoms with E-state index in [-0.39, 0.29) is 6.09 Å². The number of rotatable bonds is 4. The Hall–Kier alpha value is -0.770. The molecule has 1 amide bonds. The summed E-state index contributed by atoms with van der Waals surface area (Å²) in [5, 5.41) is 3.63. The van der Waals surface area contributed by atoms with Gasteiger partial charge in [0.2, 0.25) is 0 Å². The molecule has 4 nitrogen and oxygen atoms in total. The van der Waals surface area contributed by atoms with E-state index in [0.29, 0.717) is 6.04 Å². The maximum atomic E-state index is 12.0. The van der Waals surface area contributed by atoms with Crippen molar-refractivity contribution in [2.45, 2.75) is 77.4 Å². The van der Waals surface area contributed by atoms with Crippen LogP contribution >= 0.6 is 0 Å². The number of carbonyl (C=O) groups excluding carboxylic acids is 1. The van der Waals surface area contributed by atoms with E-state index in [2.05, 4.69) is 5.32 Å². The second kappa shape index (κ2) is 7.48. The fourth-order valence-electron chi connectivity index (χ4n) is 3.39. The SMILES string of the molecule is CC(C)(C)OC(=O)N1CCC(NCCC2CCCCC2)C1. The van der Waals surface area contributed by atoms with Crippen LogP contribution in [-0.4, -0.2) is 42.3 Å². The fraction of sp³-hybridized carbons (Fsp3) is 0.941. The van der Waals surface area contributed by atoms with E-state index in [9.17, 15) is 4.79 Å². The van der Waals surface area contributed by atoms with Crippen molar-refractivity contribution < 1.29 is 9.53 Å². The van der Waals surface area contributed by atoms with Crippen molar-refractivity contribution in [3.8, 4) is 0 Å². The van der Waals surface area contributed by atoms with Gasteiger partial charge in [-0.15, -0.1) is 0 Å². The molecular weight excluding hydrogens is 264 g/mol. The highest BCUT2D eigenvalue weighted by Gasteiger charge is 2.29. The highest BCUT2D eigenvalue weighted by Crippen LogP contribution is 2.26. The molecule has 1 N–H and O–H groups in total. The van der Waals surface area contributed by atoms with Gasteiger partial charge in [0, 0.05) is 19.1 Å². The lowest BCUT2D eigenvalue weighted by Crippen LogP contribution is -2.38. The molecule has 0 aromatic heterocycles. The summed E-state index contributed by atoms with van der Waals surface area (Å²) in [4.78, 5) is 13.8. The van der Waals surface area contributed by atoms with Crippen LogP contribution in [0.4, 0.5) is 4.79 Å². The summed E-state index contributed by atoms with van der Waals surface area (Å²) < 4.78 is 5.43. The molecule has 2 aliphatic rings. The minimum atomic E-state index is -0.399.